The van der Waals surface area contributed by atoms with Crippen molar-refractivity contribution in [2.24, 2.45) is 7.05 Å². The van der Waals surface area contributed by atoms with Gasteiger partial charge in [-0.3, -0.25) is 9.59 Å². The fraction of sp³-hybridized carbons (Fsp3) is 0.450. The molecular weight excluding hydrogens is 330 g/mol. The predicted octanol–water partition coefficient (Wildman–Crippen LogP) is 2.27. The summed E-state index contributed by atoms with van der Waals surface area (Å²) < 4.78 is 7.29. The highest BCUT2D eigenvalue weighted by Crippen LogP contribution is 2.33. The third-order valence-electron chi connectivity index (χ3n) is 5.45. The van der Waals surface area contributed by atoms with E-state index >= 15 is 0 Å². The first-order valence-electron chi connectivity index (χ1n) is 9.07. The number of piperidine rings is 1. The van der Waals surface area contributed by atoms with Gasteiger partial charge in [0.25, 0.3) is 11.5 Å². The van der Waals surface area contributed by atoms with Crippen LogP contribution in [0.25, 0.3) is 10.8 Å². The van der Waals surface area contributed by atoms with E-state index in [9.17, 15) is 9.59 Å². The molecule has 0 bridgehead atoms. The van der Waals surface area contributed by atoms with E-state index in [1.54, 1.807) is 25.2 Å². The molecule has 6 heteroatoms. The van der Waals surface area contributed by atoms with E-state index < -0.39 is 0 Å². The van der Waals surface area contributed by atoms with Crippen molar-refractivity contribution in [1.82, 2.24) is 14.7 Å². The Morgan fingerprint density at radius 1 is 1.19 bits per heavy atom. The molecule has 0 radical (unpaired) electrons. The molecule has 136 valence electrons. The highest BCUT2D eigenvalue weighted by Gasteiger charge is 2.37. The van der Waals surface area contributed by atoms with Crippen molar-refractivity contribution in [3.05, 3.63) is 52.0 Å². The fourth-order valence-electron chi connectivity index (χ4n) is 3.96. The van der Waals surface area contributed by atoms with Gasteiger partial charge in [-0.15, -0.1) is 0 Å². The first-order valence-corrected chi connectivity index (χ1v) is 9.07. The summed E-state index contributed by atoms with van der Waals surface area (Å²) in [5, 5.41) is 5.40. The number of carbonyl (C=O) groups is 1. The van der Waals surface area contributed by atoms with Gasteiger partial charge < -0.3 is 9.64 Å². The van der Waals surface area contributed by atoms with E-state index in [1.165, 1.54) is 10.3 Å². The van der Waals surface area contributed by atoms with Gasteiger partial charge in [0.1, 0.15) is 0 Å². The Bertz CT molecular complexity index is 952. The molecule has 0 N–H and O–H groups in total. The number of aromatic nitrogens is 2. The molecule has 2 aromatic rings. The molecule has 6 nitrogen and oxygen atoms in total. The van der Waals surface area contributed by atoms with Crippen LogP contribution in [0.2, 0.25) is 0 Å². The number of amides is 1. The van der Waals surface area contributed by atoms with Crippen molar-refractivity contribution in [1.29, 1.82) is 0 Å². The average molecular weight is 353 g/mol. The lowest BCUT2D eigenvalue weighted by atomic mass is 9.87. The third-order valence-corrected chi connectivity index (χ3v) is 5.45. The number of rotatable bonds is 1. The number of carbonyl (C=O) groups excluding carboxylic acids is 1. The summed E-state index contributed by atoms with van der Waals surface area (Å²) in [5.74, 6) is -0.122. The average Bonchev–Trinajstić information content (AvgIpc) is 2.65. The van der Waals surface area contributed by atoms with Gasteiger partial charge in [-0.2, -0.15) is 5.10 Å². The molecule has 1 spiro atoms. The molecule has 4 rings (SSSR count). The number of hydrogen-bond donors (Lipinski definition) is 0. The second-order valence-electron chi connectivity index (χ2n) is 7.27. The van der Waals surface area contributed by atoms with E-state index in [4.69, 9.17) is 4.74 Å². The Labute approximate surface area is 152 Å². The highest BCUT2D eigenvalue weighted by molar-refractivity contribution is 6.04. The van der Waals surface area contributed by atoms with Crippen LogP contribution >= 0.6 is 0 Å². The van der Waals surface area contributed by atoms with E-state index in [0.717, 1.165) is 25.9 Å². The Morgan fingerprint density at radius 3 is 2.58 bits per heavy atom. The lowest BCUT2D eigenvalue weighted by Gasteiger charge is -2.42. The summed E-state index contributed by atoms with van der Waals surface area (Å²) in [6.07, 6.45) is 4.80. The van der Waals surface area contributed by atoms with Crippen molar-refractivity contribution in [3.63, 3.8) is 0 Å². The van der Waals surface area contributed by atoms with Gasteiger partial charge in [0.05, 0.1) is 17.6 Å². The van der Waals surface area contributed by atoms with Crippen molar-refractivity contribution >= 4 is 16.7 Å². The van der Waals surface area contributed by atoms with Gasteiger partial charge in [-0.1, -0.05) is 29.8 Å². The van der Waals surface area contributed by atoms with Gasteiger partial charge in [0.15, 0.2) is 5.69 Å². The second kappa shape index (κ2) is 6.36. The number of fused-ring (bicyclic) bond motifs is 1. The minimum Gasteiger partial charge on any atom is -0.370 e. The van der Waals surface area contributed by atoms with Crippen molar-refractivity contribution in [3.8, 4) is 0 Å². The van der Waals surface area contributed by atoms with Crippen LogP contribution in [0.1, 0.15) is 36.7 Å². The van der Waals surface area contributed by atoms with Crippen molar-refractivity contribution in [2.45, 2.75) is 31.8 Å². The number of aryl methyl sites for hydroxylation is 1. The fourth-order valence-corrected chi connectivity index (χ4v) is 3.96. The van der Waals surface area contributed by atoms with Crippen LogP contribution in [0.15, 0.2) is 40.7 Å². The topological polar surface area (TPSA) is 64.4 Å². The van der Waals surface area contributed by atoms with E-state index in [2.05, 4.69) is 18.1 Å². The molecule has 1 aromatic carbocycles. The lowest BCUT2D eigenvalue weighted by molar-refractivity contribution is -0.0522. The molecule has 0 atom stereocenters. The minimum atomic E-state index is -0.224. The summed E-state index contributed by atoms with van der Waals surface area (Å²) in [6.45, 7) is 4.15. The van der Waals surface area contributed by atoms with Crippen molar-refractivity contribution in [2.75, 3.05) is 19.7 Å². The molecule has 26 heavy (non-hydrogen) atoms. The Kier molecular flexibility index (Phi) is 4.15. The van der Waals surface area contributed by atoms with Gasteiger partial charge in [0, 0.05) is 25.5 Å². The molecule has 0 unspecified atom stereocenters. The minimum absolute atomic E-state index is 0.122. The largest absolute Gasteiger partial charge is 0.370 e. The van der Waals surface area contributed by atoms with Gasteiger partial charge in [0.2, 0.25) is 0 Å². The summed E-state index contributed by atoms with van der Waals surface area (Å²) in [4.78, 5) is 27.2. The second-order valence-corrected chi connectivity index (χ2v) is 7.27. The first kappa shape index (κ1) is 17.0. The molecule has 2 aliphatic heterocycles. The van der Waals surface area contributed by atoms with Gasteiger partial charge >= 0.3 is 0 Å². The number of ether oxygens (including phenoxy) is 1. The zero-order valence-electron chi connectivity index (χ0n) is 15.2. The van der Waals surface area contributed by atoms with Crippen LogP contribution in [0.3, 0.4) is 0 Å². The third kappa shape index (κ3) is 2.84. The molecule has 1 amide bonds. The van der Waals surface area contributed by atoms with Crippen LogP contribution in [-0.4, -0.2) is 45.9 Å². The van der Waals surface area contributed by atoms with E-state index in [0.29, 0.717) is 29.6 Å². The zero-order chi connectivity index (χ0) is 18.3. The van der Waals surface area contributed by atoms with Crippen LogP contribution in [0.4, 0.5) is 0 Å². The highest BCUT2D eigenvalue weighted by atomic mass is 16.5. The normalized spacial score (nSPS) is 19.6. The molecule has 1 aromatic heterocycles. The first-order chi connectivity index (χ1) is 12.5. The van der Waals surface area contributed by atoms with Crippen molar-refractivity contribution < 1.29 is 9.53 Å². The number of nitrogens with zero attached hydrogens (tertiary/aromatic N) is 3. The molecule has 0 saturated carbocycles. The molecule has 0 aliphatic carbocycles. The monoisotopic (exact) mass is 353 g/mol. The number of benzene rings is 1. The molecule has 1 fully saturated rings. The predicted molar refractivity (Wildman–Crippen MR) is 99.2 cm³/mol. The van der Waals surface area contributed by atoms with Crippen LogP contribution in [0.5, 0.6) is 0 Å². The summed E-state index contributed by atoms with van der Waals surface area (Å²) in [7, 11) is 1.58. The lowest BCUT2D eigenvalue weighted by Crippen LogP contribution is -2.48. The summed E-state index contributed by atoms with van der Waals surface area (Å²) >= 11 is 0. The smallest absolute Gasteiger partial charge is 0.274 e. The Balaban J connectivity index is 1.62. The SMILES string of the molecule is CC1=CC2(CCN(C(=O)c3nn(C)c(=O)c4ccccc34)CC2)OCC1. The quantitative estimate of drug-likeness (QED) is 0.738. The van der Waals surface area contributed by atoms with Gasteiger partial charge in [-0.25, -0.2) is 4.68 Å². The molecule has 3 heterocycles. The summed E-state index contributed by atoms with van der Waals surface area (Å²) in [6, 6.07) is 7.16. The van der Waals surface area contributed by atoms with Crippen LogP contribution < -0.4 is 5.56 Å². The Hall–Kier alpha value is -2.47. The molecule has 1 saturated heterocycles. The molecule has 2 aliphatic rings. The zero-order valence-corrected chi connectivity index (χ0v) is 15.2. The maximum Gasteiger partial charge on any atom is 0.274 e. The van der Waals surface area contributed by atoms with E-state index in [1.807, 2.05) is 11.0 Å². The molecular formula is C20H23N3O3. The number of hydrogen-bond acceptors (Lipinski definition) is 4. The Morgan fingerprint density at radius 2 is 1.88 bits per heavy atom. The number of likely N-dealkylation sites (tertiary alicyclic amines) is 1. The maximum absolute atomic E-state index is 13.1. The van der Waals surface area contributed by atoms with Crippen LogP contribution in [0, 0.1) is 0 Å². The van der Waals surface area contributed by atoms with Gasteiger partial charge in [-0.05, 0) is 32.3 Å². The summed E-state index contributed by atoms with van der Waals surface area (Å²) in [5.41, 5.74) is 1.29. The van der Waals surface area contributed by atoms with Crippen LogP contribution in [-0.2, 0) is 11.8 Å². The maximum atomic E-state index is 13.1. The van der Waals surface area contributed by atoms with E-state index in [-0.39, 0.29) is 17.1 Å². The standard InChI is InChI=1S/C20H23N3O3/c1-14-7-12-26-20(13-14)8-10-23(11-9-20)19(25)17-15-5-3-4-6-16(15)18(24)22(2)21-17/h3-6,13H,7-12H2,1-2H3.